The van der Waals surface area contributed by atoms with E-state index < -0.39 is 15.4 Å². The smallest absolute Gasteiger partial charge is 0.181 e. The van der Waals surface area contributed by atoms with Crippen molar-refractivity contribution in [2.24, 2.45) is 0 Å². The van der Waals surface area contributed by atoms with Crippen molar-refractivity contribution in [1.29, 1.82) is 0 Å². The zero-order valence-corrected chi connectivity index (χ0v) is 11.9. The van der Waals surface area contributed by atoms with E-state index in [2.05, 4.69) is 0 Å². The van der Waals surface area contributed by atoms with E-state index in [9.17, 15) is 18.3 Å². The van der Waals surface area contributed by atoms with E-state index in [4.69, 9.17) is 0 Å². The molecule has 1 aromatic rings. The molecule has 1 N–H and O–H groups in total. The average Bonchev–Trinajstić information content (AvgIpc) is 3.12. The summed E-state index contributed by atoms with van der Waals surface area (Å²) in [5.41, 5.74) is -0.652. The zero-order valence-electron chi connectivity index (χ0n) is 11.1. The minimum atomic E-state index is -3.17. The van der Waals surface area contributed by atoms with Gasteiger partial charge in [-0.25, -0.2) is 8.42 Å². The van der Waals surface area contributed by atoms with Gasteiger partial charge in [0.2, 0.25) is 0 Å². The van der Waals surface area contributed by atoms with Crippen LogP contribution in [0.15, 0.2) is 29.2 Å². The molecule has 0 aliphatic heterocycles. The normalized spacial score (nSPS) is 16.4. The van der Waals surface area contributed by atoms with Gasteiger partial charge >= 0.3 is 0 Å². The standard InChI is InChI=1S/C14H18O4S/c1-14(2,16)13(15)9-10-3-5-11(6-4-10)19(17,18)12-7-8-12/h3-6,12,16H,7-9H2,1-2H3. The lowest BCUT2D eigenvalue weighted by atomic mass is 9.97. The van der Waals surface area contributed by atoms with Crippen LogP contribution in [0.4, 0.5) is 0 Å². The Hall–Kier alpha value is -1.20. The van der Waals surface area contributed by atoms with Crippen LogP contribution in [0.2, 0.25) is 0 Å². The predicted molar refractivity (Wildman–Crippen MR) is 71.7 cm³/mol. The summed E-state index contributed by atoms with van der Waals surface area (Å²) in [5.74, 6) is -0.287. The molecular formula is C14H18O4S. The summed E-state index contributed by atoms with van der Waals surface area (Å²) in [5, 5.41) is 9.34. The molecule has 1 aliphatic carbocycles. The van der Waals surface area contributed by atoms with Crippen LogP contribution in [0.1, 0.15) is 32.3 Å². The highest BCUT2D eigenvalue weighted by Crippen LogP contribution is 2.33. The van der Waals surface area contributed by atoms with Gasteiger partial charge in [0.15, 0.2) is 15.6 Å². The molecule has 0 aromatic heterocycles. The molecule has 0 bridgehead atoms. The lowest BCUT2D eigenvalue weighted by molar-refractivity contribution is -0.133. The lowest BCUT2D eigenvalue weighted by Crippen LogP contribution is -2.32. The van der Waals surface area contributed by atoms with Gasteiger partial charge in [0.05, 0.1) is 10.1 Å². The van der Waals surface area contributed by atoms with Crippen LogP contribution in [-0.2, 0) is 21.1 Å². The van der Waals surface area contributed by atoms with E-state index in [1.807, 2.05) is 0 Å². The van der Waals surface area contributed by atoms with Gasteiger partial charge < -0.3 is 5.11 Å². The Morgan fingerprint density at radius 1 is 1.26 bits per heavy atom. The molecule has 1 aromatic carbocycles. The maximum absolute atomic E-state index is 12.0. The van der Waals surface area contributed by atoms with Gasteiger partial charge in [-0.2, -0.15) is 0 Å². The first-order chi connectivity index (χ1) is 8.71. The van der Waals surface area contributed by atoms with Crippen molar-refractivity contribution in [2.75, 3.05) is 0 Å². The van der Waals surface area contributed by atoms with Crippen molar-refractivity contribution < 1.29 is 18.3 Å². The Labute approximate surface area is 113 Å². The summed E-state index contributed by atoms with van der Waals surface area (Å²) in [4.78, 5) is 12.0. The number of sulfone groups is 1. The fraction of sp³-hybridized carbons (Fsp3) is 0.500. The third kappa shape index (κ3) is 3.22. The van der Waals surface area contributed by atoms with Crippen molar-refractivity contribution in [3.8, 4) is 0 Å². The van der Waals surface area contributed by atoms with Crippen LogP contribution in [0, 0.1) is 0 Å². The molecule has 0 saturated heterocycles. The fourth-order valence-electron chi connectivity index (χ4n) is 1.77. The van der Waals surface area contributed by atoms with Crippen molar-refractivity contribution in [3.63, 3.8) is 0 Å². The molecule has 0 radical (unpaired) electrons. The van der Waals surface area contributed by atoms with E-state index in [1.165, 1.54) is 13.8 Å². The molecule has 2 rings (SSSR count). The summed E-state index contributed by atoms with van der Waals surface area (Å²) < 4.78 is 24.0. The third-order valence-corrected chi connectivity index (χ3v) is 5.54. The number of aliphatic hydroxyl groups is 1. The highest BCUT2D eigenvalue weighted by Gasteiger charge is 2.36. The molecule has 5 heteroatoms. The highest BCUT2D eigenvalue weighted by molar-refractivity contribution is 7.92. The van der Waals surface area contributed by atoms with Crippen LogP contribution >= 0.6 is 0 Å². The average molecular weight is 282 g/mol. The van der Waals surface area contributed by atoms with Crippen LogP contribution in [-0.4, -0.2) is 30.2 Å². The summed E-state index contributed by atoms with van der Waals surface area (Å²) in [6, 6.07) is 6.36. The topological polar surface area (TPSA) is 71.4 Å². The Morgan fingerprint density at radius 3 is 2.21 bits per heavy atom. The van der Waals surface area contributed by atoms with Crippen molar-refractivity contribution in [1.82, 2.24) is 0 Å². The molecule has 4 nitrogen and oxygen atoms in total. The molecule has 1 fully saturated rings. The number of ketones is 1. The monoisotopic (exact) mass is 282 g/mol. The number of carbonyl (C=O) groups excluding carboxylic acids is 1. The van der Waals surface area contributed by atoms with Gasteiger partial charge in [0.25, 0.3) is 0 Å². The molecule has 0 spiro atoms. The van der Waals surface area contributed by atoms with Gasteiger partial charge in [0, 0.05) is 6.42 Å². The minimum absolute atomic E-state index is 0.104. The maximum atomic E-state index is 12.0. The molecule has 0 unspecified atom stereocenters. The Balaban J connectivity index is 2.13. The molecule has 1 saturated carbocycles. The second-order valence-electron chi connectivity index (χ2n) is 5.55. The maximum Gasteiger partial charge on any atom is 0.181 e. The van der Waals surface area contributed by atoms with E-state index in [1.54, 1.807) is 24.3 Å². The number of benzene rings is 1. The second-order valence-corrected chi connectivity index (χ2v) is 7.78. The molecule has 0 heterocycles. The summed E-state index contributed by atoms with van der Waals surface area (Å²) in [7, 11) is -3.17. The fourth-order valence-corrected chi connectivity index (χ4v) is 3.43. The quantitative estimate of drug-likeness (QED) is 0.888. The van der Waals surface area contributed by atoms with Crippen LogP contribution in [0.3, 0.4) is 0 Å². The van der Waals surface area contributed by atoms with Gasteiger partial charge in [-0.05, 0) is 44.4 Å². The van der Waals surface area contributed by atoms with Crippen molar-refractivity contribution in [3.05, 3.63) is 29.8 Å². The molecule has 1 aliphatic rings. The van der Waals surface area contributed by atoms with Crippen LogP contribution < -0.4 is 0 Å². The molecule has 19 heavy (non-hydrogen) atoms. The SMILES string of the molecule is CC(C)(O)C(=O)Cc1ccc(S(=O)(=O)C2CC2)cc1. The summed E-state index contributed by atoms with van der Waals surface area (Å²) in [6.07, 6.45) is 1.58. The number of Topliss-reactive ketones (excluding diaryl/α,β-unsaturated/α-hetero) is 1. The van der Waals surface area contributed by atoms with Gasteiger partial charge in [-0.15, -0.1) is 0 Å². The van der Waals surface area contributed by atoms with Crippen molar-refractivity contribution in [2.45, 2.75) is 48.9 Å². The first kappa shape index (κ1) is 14.2. The van der Waals surface area contributed by atoms with Gasteiger partial charge in [-0.3, -0.25) is 4.79 Å². The minimum Gasteiger partial charge on any atom is -0.383 e. The molecule has 0 atom stereocenters. The molecular weight excluding hydrogens is 264 g/mol. The first-order valence-corrected chi connectivity index (χ1v) is 7.84. The predicted octanol–water partition coefficient (Wildman–Crippen LogP) is 1.51. The zero-order chi connectivity index (χ0) is 14.3. The van der Waals surface area contributed by atoms with Gasteiger partial charge in [-0.1, -0.05) is 12.1 Å². The largest absolute Gasteiger partial charge is 0.383 e. The van der Waals surface area contributed by atoms with Crippen LogP contribution in [0.25, 0.3) is 0 Å². The Kier molecular flexibility index (Phi) is 3.53. The number of hydrogen-bond donors (Lipinski definition) is 1. The molecule has 104 valence electrons. The van der Waals surface area contributed by atoms with Gasteiger partial charge in [0.1, 0.15) is 5.60 Å². The van der Waals surface area contributed by atoms with E-state index in [-0.39, 0.29) is 17.5 Å². The summed E-state index contributed by atoms with van der Waals surface area (Å²) in [6.45, 7) is 2.89. The number of carbonyl (C=O) groups is 1. The lowest BCUT2D eigenvalue weighted by Gasteiger charge is -2.15. The van der Waals surface area contributed by atoms with E-state index in [0.717, 1.165) is 12.8 Å². The molecule has 0 amide bonds. The third-order valence-electron chi connectivity index (χ3n) is 3.26. The van der Waals surface area contributed by atoms with E-state index >= 15 is 0 Å². The first-order valence-electron chi connectivity index (χ1n) is 6.30. The van der Waals surface area contributed by atoms with Crippen molar-refractivity contribution >= 4 is 15.6 Å². The Morgan fingerprint density at radius 2 is 1.79 bits per heavy atom. The highest BCUT2D eigenvalue weighted by atomic mass is 32.2. The van der Waals surface area contributed by atoms with E-state index in [0.29, 0.717) is 10.5 Å². The Bertz CT molecular complexity index is 575. The number of rotatable bonds is 5. The second kappa shape index (κ2) is 4.72. The number of hydrogen-bond acceptors (Lipinski definition) is 4. The van der Waals surface area contributed by atoms with Crippen LogP contribution in [0.5, 0.6) is 0 Å². The summed E-state index contributed by atoms with van der Waals surface area (Å²) >= 11 is 0.